The zero-order valence-corrected chi connectivity index (χ0v) is 15.6. The number of thioether (sulfide) groups is 1. The zero-order valence-electron chi connectivity index (χ0n) is 14.0. The average molecular weight is 363 g/mol. The Bertz CT molecular complexity index is 703. The maximum atomic E-state index is 12.5. The number of nitrogens with one attached hydrogen (secondary N) is 1. The lowest BCUT2D eigenvalue weighted by Crippen LogP contribution is -2.48. The van der Waals surface area contributed by atoms with Gasteiger partial charge in [0.15, 0.2) is 4.34 Å². The largest absolute Gasteiger partial charge is 0.355 e. The van der Waals surface area contributed by atoms with Crippen molar-refractivity contribution in [3.63, 3.8) is 0 Å². The third kappa shape index (κ3) is 4.34. The fourth-order valence-electron chi connectivity index (χ4n) is 2.84. The first kappa shape index (κ1) is 17.4. The highest BCUT2D eigenvalue weighted by molar-refractivity contribution is 8.01. The number of fused-ring (bicyclic) bond motifs is 1. The Labute approximate surface area is 150 Å². The molecule has 3 rings (SSSR count). The summed E-state index contributed by atoms with van der Waals surface area (Å²) < 4.78 is 1.00. The molecule has 0 spiro atoms. The summed E-state index contributed by atoms with van der Waals surface area (Å²) in [7, 11) is 2.02. The van der Waals surface area contributed by atoms with Gasteiger partial charge in [0, 0.05) is 18.8 Å². The number of hydrogen-bond acceptors (Lipinski definition) is 6. The molecule has 1 atom stereocenters. The van der Waals surface area contributed by atoms with Crippen LogP contribution in [0.4, 0.5) is 0 Å². The van der Waals surface area contributed by atoms with E-state index >= 15 is 0 Å². The van der Waals surface area contributed by atoms with Crippen LogP contribution in [0.2, 0.25) is 0 Å². The first-order valence-corrected chi connectivity index (χ1v) is 9.91. The number of carbonyl (C=O) groups is 1. The minimum Gasteiger partial charge on any atom is -0.355 e. The summed E-state index contributed by atoms with van der Waals surface area (Å²) in [6.07, 6.45) is 1.72. The SMILES string of the molecule is Cc1nnc(SCCCNC(=O)C2Cc3ccccc3CN2C)s1. The molecule has 0 saturated heterocycles. The molecule has 1 aromatic heterocycles. The number of amides is 1. The highest BCUT2D eigenvalue weighted by atomic mass is 32.2. The number of aromatic nitrogens is 2. The summed E-state index contributed by atoms with van der Waals surface area (Å²) in [5, 5.41) is 12.2. The number of aryl methyl sites for hydroxylation is 1. The van der Waals surface area contributed by atoms with Crippen LogP contribution in [0, 0.1) is 6.92 Å². The molecule has 0 bridgehead atoms. The molecule has 1 aliphatic heterocycles. The van der Waals surface area contributed by atoms with E-state index in [1.807, 2.05) is 20.0 Å². The van der Waals surface area contributed by atoms with Crippen molar-refractivity contribution in [2.24, 2.45) is 0 Å². The van der Waals surface area contributed by atoms with E-state index in [1.165, 1.54) is 11.1 Å². The molecule has 1 aliphatic rings. The molecule has 0 fully saturated rings. The fourth-order valence-corrected chi connectivity index (χ4v) is 4.67. The molecule has 1 N–H and O–H groups in total. The van der Waals surface area contributed by atoms with Crippen LogP contribution in [-0.2, 0) is 17.8 Å². The van der Waals surface area contributed by atoms with Gasteiger partial charge in [0.2, 0.25) is 5.91 Å². The molecule has 24 heavy (non-hydrogen) atoms. The smallest absolute Gasteiger partial charge is 0.237 e. The van der Waals surface area contributed by atoms with Crippen LogP contribution >= 0.6 is 23.1 Å². The van der Waals surface area contributed by atoms with E-state index < -0.39 is 0 Å². The van der Waals surface area contributed by atoms with Gasteiger partial charge in [-0.15, -0.1) is 10.2 Å². The summed E-state index contributed by atoms with van der Waals surface area (Å²) in [5.41, 5.74) is 2.62. The minimum absolute atomic E-state index is 0.0710. The third-order valence-corrected chi connectivity index (χ3v) is 6.20. The van der Waals surface area contributed by atoms with Gasteiger partial charge in [-0.3, -0.25) is 9.69 Å². The number of nitrogens with zero attached hydrogens (tertiary/aromatic N) is 3. The molecule has 2 heterocycles. The van der Waals surface area contributed by atoms with E-state index in [4.69, 9.17) is 0 Å². The summed E-state index contributed by atoms with van der Waals surface area (Å²) in [4.78, 5) is 14.6. The third-order valence-electron chi connectivity index (χ3n) is 4.14. The first-order chi connectivity index (χ1) is 11.6. The molecule has 5 nitrogen and oxygen atoms in total. The van der Waals surface area contributed by atoms with Gasteiger partial charge in [-0.05, 0) is 37.9 Å². The lowest BCUT2D eigenvalue weighted by Gasteiger charge is -2.33. The maximum absolute atomic E-state index is 12.5. The summed E-state index contributed by atoms with van der Waals surface area (Å²) >= 11 is 3.32. The van der Waals surface area contributed by atoms with Gasteiger partial charge < -0.3 is 5.32 Å². The Balaban J connectivity index is 1.42. The van der Waals surface area contributed by atoms with Crippen molar-refractivity contribution in [1.82, 2.24) is 20.4 Å². The van der Waals surface area contributed by atoms with Crippen LogP contribution in [0.15, 0.2) is 28.6 Å². The predicted octanol–water partition coefficient (Wildman–Crippen LogP) is 2.50. The second-order valence-corrected chi connectivity index (χ2v) is 8.51. The van der Waals surface area contributed by atoms with Gasteiger partial charge in [-0.25, -0.2) is 0 Å². The number of carbonyl (C=O) groups excluding carboxylic acids is 1. The van der Waals surface area contributed by atoms with Crippen LogP contribution in [0.25, 0.3) is 0 Å². The molecule has 128 valence electrons. The van der Waals surface area contributed by atoms with E-state index in [0.29, 0.717) is 6.54 Å². The van der Waals surface area contributed by atoms with Crippen molar-refractivity contribution in [3.05, 3.63) is 40.4 Å². The van der Waals surface area contributed by atoms with Crippen molar-refractivity contribution < 1.29 is 4.79 Å². The Hall–Kier alpha value is -1.44. The van der Waals surface area contributed by atoms with Crippen LogP contribution in [0.3, 0.4) is 0 Å². The van der Waals surface area contributed by atoms with Gasteiger partial charge in [-0.2, -0.15) is 0 Å². The molecule has 1 aromatic carbocycles. The molecule has 1 amide bonds. The van der Waals surface area contributed by atoms with Crippen molar-refractivity contribution >= 4 is 29.0 Å². The van der Waals surface area contributed by atoms with Crippen molar-refractivity contribution in [2.45, 2.75) is 36.7 Å². The van der Waals surface area contributed by atoms with Gasteiger partial charge in [-0.1, -0.05) is 47.4 Å². The number of rotatable bonds is 6. The number of benzene rings is 1. The fraction of sp³-hybridized carbons (Fsp3) is 0.471. The number of likely N-dealkylation sites (N-methyl/N-ethyl adjacent to an activating group) is 1. The van der Waals surface area contributed by atoms with Crippen LogP contribution in [0.1, 0.15) is 22.6 Å². The molecule has 0 aliphatic carbocycles. The first-order valence-electron chi connectivity index (χ1n) is 8.11. The van der Waals surface area contributed by atoms with Gasteiger partial charge in [0.25, 0.3) is 0 Å². The molecule has 0 radical (unpaired) electrons. The van der Waals surface area contributed by atoms with Gasteiger partial charge in [0.1, 0.15) is 5.01 Å². The Morgan fingerprint density at radius 1 is 1.38 bits per heavy atom. The molecule has 2 aromatic rings. The van der Waals surface area contributed by atoms with Crippen LogP contribution in [-0.4, -0.2) is 46.4 Å². The second-order valence-electron chi connectivity index (χ2n) is 5.98. The second kappa shape index (κ2) is 8.09. The van der Waals surface area contributed by atoms with Crippen LogP contribution < -0.4 is 5.32 Å². The summed E-state index contributed by atoms with van der Waals surface area (Å²) in [6, 6.07) is 8.31. The van der Waals surface area contributed by atoms with Crippen molar-refractivity contribution in [3.8, 4) is 0 Å². The molecular formula is C17H22N4OS2. The normalized spacial score (nSPS) is 17.5. The van der Waals surface area contributed by atoms with E-state index in [-0.39, 0.29) is 11.9 Å². The Morgan fingerprint density at radius 3 is 2.92 bits per heavy atom. The van der Waals surface area contributed by atoms with E-state index in [0.717, 1.165) is 34.5 Å². The Morgan fingerprint density at radius 2 is 2.17 bits per heavy atom. The number of hydrogen-bond donors (Lipinski definition) is 1. The monoisotopic (exact) mass is 362 g/mol. The maximum Gasteiger partial charge on any atom is 0.237 e. The van der Waals surface area contributed by atoms with E-state index in [9.17, 15) is 4.79 Å². The van der Waals surface area contributed by atoms with Gasteiger partial charge in [0.05, 0.1) is 6.04 Å². The lowest BCUT2D eigenvalue weighted by atomic mass is 9.94. The van der Waals surface area contributed by atoms with Crippen molar-refractivity contribution in [2.75, 3.05) is 19.3 Å². The van der Waals surface area contributed by atoms with Crippen molar-refractivity contribution in [1.29, 1.82) is 0 Å². The molecular weight excluding hydrogens is 340 g/mol. The molecule has 0 saturated carbocycles. The average Bonchev–Trinajstić information content (AvgIpc) is 2.99. The minimum atomic E-state index is -0.0710. The molecule has 7 heteroatoms. The quantitative estimate of drug-likeness (QED) is 0.632. The summed E-state index contributed by atoms with van der Waals surface area (Å²) in [6.45, 7) is 3.50. The highest BCUT2D eigenvalue weighted by Gasteiger charge is 2.28. The lowest BCUT2D eigenvalue weighted by molar-refractivity contribution is -0.126. The van der Waals surface area contributed by atoms with E-state index in [1.54, 1.807) is 23.1 Å². The Kier molecular flexibility index (Phi) is 5.86. The summed E-state index contributed by atoms with van der Waals surface area (Å²) in [5.74, 6) is 1.07. The predicted molar refractivity (Wildman–Crippen MR) is 98.4 cm³/mol. The zero-order chi connectivity index (χ0) is 16.9. The molecule has 1 unspecified atom stereocenters. The highest BCUT2D eigenvalue weighted by Crippen LogP contribution is 2.23. The topological polar surface area (TPSA) is 58.1 Å². The van der Waals surface area contributed by atoms with Gasteiger partial charge >= 0.3 is 0 Å². The van der Waals surface area contributed by atoms with E-state index in [2.05, 4.69) is 38.6 Å². The standard InChI is InChI=1S/C17H22N4OS2/c1-12-19-20-17(24-12)23-9-5-8-18-16(22)15-10-13-6-3-4-7-14(13)11-21(15)2/h3-4,6-7,15H,5,8-11H2,1-2H3,(H,18,22). The van der Waals surface area contributed by atoms with Crippen LogP contribution in [0.5, 0.6) is 0 Å².